The van der Waals surface area contributed by atoms with Crippen LogP contribution >= 0.6 is 35.2 Å². The summed E-state index contributed by atoms with van der Waals surface area (Å²) in [5, 5.41) is 10.7. The lowest BCUT2D eigenvalue weighted by molar-refractivity contribution is 0.404. The van der Waals surface area contributed by atoms with Crippen molar-refractivity contribution in [1.82, 2.24) is 15.5 Å². The summed E-state index contributed by atoms with van der Waals surface area (Å²) in [6.07, 6.45) is 0. The number of aryl methyl sites for hydroxylation is 1. The van der Waals surface area contributed by atoms with Crippen LogP contribution in [-0.4, -0.2) is 15.3 Å². The van der Waals surface area contributed by atoms with Gasteiger partial charge in [-0.1, -0.05) is 35.0 Å². The summed E-state index contributed by atoms with van der Waals surface area (Å²) < 4.78 is 19.3. The second kappa shape index (κ2) is 8.70. The molecule has 0 amide bonds. The molecule has 1 aliphatic heterocycles. The highest BCUT2D eigenvalue weighted by Gasteiger charge is 2.35. The Kier molecular flexibility index (Phi) is 5.74. The van der Waals surface area contributed by atoms with E-state index in [2.05, 4.69) is 15.5 Å². The number of rotatable bonds is 4. The fourth-order valence-electron chi connectivity index (χ4n) is 3.84. The van der Waals surface area contributed by atoms with Gasteiger partial charge in [-0.25, -0.2) is 4.39 Å². The minimum absolute atomic E-state index is 0.310. The van der Waals surface area contributed by atoms with Crippen LogP contribution < -0.4 is 10.2 Å². The minimum Gasteiger partial charge on any atom is -0.351 e. The van der Waals surface area contributed by atoms with Gasteiger partial charge in [0, 0.05) is 16.4 Å². The van der Waals surface area contributed by atoms with E-state index in [9.17, 15) is 4.39 Å². The van der Waals surface area contributed by atoms with Crippen LogP contribution in [0.5, 0.6) is 0 Å². The maximum atomic E-state index is 13.6. The molecule has 33 heavy (non-hydrogen) atoms. The van der Waals surface area contributed by atoms with Crippen molar-refractivity contribution in [2.24, 2.45) is 0 Å². The Morgan fingerprint density at radius 2 is 1.94 bits per heavy atom. The molecule has 2 aromatic carbocycles. The number of hydrogen-bond acceptors (Lipinski definition) is 5. The highest BCUT2D eigenvalue weighted by molar-refractivity contribution is 7.80. The predicted octanol–water partition coefficient (Wildman–Crippen LogP) is 6.77. The van der Waals surface area contributed by atoms with E-state index in [1.165, 1.54) is 23.5 Å². The third-order valence-corrected chi connectivity index (χ3v) is 7.08. The Balaban J connectivity index is 1.67. The van der Waals surface area contributed by atoms with Gasteiger partial charge in [0.25, 0.3) is 5.89 Å². The van der Waals surface area contributed by atoms with Crippen LogP contribution in [-0.2, 0) is 0 Å². The van der Waals surface area contributed by atoms with E-state index in [4.69, 9.17) is 28.3 Å². The summed E-state index contributed by atoms with van der Waals surface area (Å²) in [4.78, 5) is 7.50. The van der Waals surface area contributed by atoms with Crippen LogP contribution in [0.25, 0.3) is 16.3 Å². The second-order valence-corrected chi connectivity index (χ2v) is 9.34. The van der Waals surface area contributed by atoms with Crippen LogP contribution in [0.4, 0.5) is 10.1 Å². The molecule has 166 valence electrons. The Bertz CT molecular complexity index is 1370. The van der Waals surface area contributed by atoms with Crippen molar-refractivity contribution < 1.29 is 8.91 Å². The number of aromatic nitrogens is 2. The smallest absolute Gasteiger partial charge is 0.258 e. The Morgan fingerprint density at radius 3 is 2.64 bits per heavy atom. The van der Waals surface area contributed by atoms with Crippen LogP contribution in [0.1, 0.15) is 30.0 Å². The molecule has 5 rings (SSSR count). The van der Waals surface area contributed by atoms with Gasteiger partial charge in [-0.3, -0.25) is 4.90 Å². The number of anilines is 1. The number of nitrogens with one attached hydrogen (secondary N) is 1. The lowest BCUT2D eigenvalue weighted by Gasteiger charge is -2.37. The third kappa shape index (κ3) is 4.06. The van der Waals surface area contributed by atoms with Crippen LogP contribution in [0, 0.1) is 12.7 Å². The zero-order valence-corrected chi connectivity index (χ0v) is 20.1. The average Bonchev–Trinajstić information content (AvgIpc) is 3.48. The number of thiocarbonyl (C=S) groups is 1. The van der Waals surface area contributed by atoms with Gasteiger partial charge in [-0.05, 0) is 79.0 Å². The number of nitrogens with zero attached hydrogens (tertiary/aromatic N) is 3. The summed E-state index contributed by atoms with van der Waals surface area (Å²) in [6, 6.07) is 15.5. The van der Waals surface area contributed by atoms with Crippen molar-refractivity contribution in [3.8, 4) is 10.7 Å². The number of halogens is 2. The standard InChI is InChI=1S/C24H18ClFN4OS2/c1-13-12-17(9-10-18(13)25)30-14(2)20(23-28-22(29-31-23)19-4-3-11-33-19)21(27-24(30)32)15-5-7-16(26)8-6-15/h3-12,21H,1-2H3,(H,27,32). The summed E-state index contributed by atoms with van der Waals surface area (Å²) in [6.45, 7) is 3.90. The zero-order chi connectivity index (χ0) is 23.1. The summed E-state index contributed by atoms with van der Waals surface area (Å²) in [5.74, 6) is 0.575. The average molecular weight is 497 g/mol. The van der Waals surface area contributed by atoms with Crippen LogP contribution in [0.2, 0.25) is 5.02 Å². The first-order chi connectivity index (χ1) is 15.9. The first kappa shape index (κ1) is 21.8. The molecule has 0 fully saturated rings. The molecule has 4 aromatic rings. The molecular formula is C24H18ClFN4OS2. The zero-order valence-electron chi connectivity index (χ0n) is 17.7. The van der Waals surface area contributed by atoms with Crippen LogP contribution in [0.15, 0.2) is 70.2 Å². The van der Waals surface area contributed by atoms with Crippen molar-refractivity contribution >= 4 is 51.5 Å². The number of hydrogen-bond donors (Lipinski definition) is 1. The topological polar surface area (TPSA) is 54.2 Å². The molecule has 0 saturated carbocycles. The monoisotopic (exact) mass is 496 g/mol. The normalized spacial score (nSPS) is 16.3. The van der Waals surface area contributed by atoms with Gasteiger partial charge in [0.05, 0.1) is 16.5 Å². The van der Waals surface area contributed by atoms with E-state index in [-0.39, 0.29) is 11.9 Å². The third-order valence-electron chi connectivity index (χ3n) is 5.49. The lowest BCUT2D eigenvalue weighted by Crippen LogP contribution is -2.46. The molecule has 0 aliphatic carbocycles. The summed E-state index contributed by atoms with van der Waals surface area (Å²) >= 11 is 13.5. The molecule has 5 nitrogen and oxygen atoms in total. The molecule has 9 heteroatoms. The van der Waals surface area contributed by atoms with Crippen molar-refractivity contribution in [2.75, 3.05) is 4.90 Å². The summed E-state index contributed by atoms with van der Waals surface area (Å²) in [7, 11) is 0. The first-order valence-corrected chi connectivity index (χ1v) is 11.8. The van der Waals surface area contributed by atoms with E-state index >= 15 is 0 Å². The molecular weight excluding hydrogens is 479 g/mol. The predicted molar refractivity (Wildman–Crippen MR) is 134 cm³/mol. The van der Waals surface area contributed by atoms with E-state index in [0.717, 1.165) is 33.0 Å². The molecule has 0 saturated heterocycles. The van der Waals surface area contributed by atoms with Crippen LogP contribution in [0.3, 0.4) is 0 Å². The first-order valence-electron chi connectivity index (χ1n) is 10.1. The van der Waals surface area contributed by atoms with Crippen molar-refractivity contribution in [2.45, 2.75) is 19.9 Å². The van der Waals surface area contributed by atoms with Crippen molar-refractivity contribution in [1.29, 1.82) is 0 Å². The molecule has 3 heterocycles. The molecule has 0 bridgehead atoms. The van der Waals surface area contributed by atoms with Crippen molar-refractivity contribution in [3.63, 3.8) is 0 Å². The fourth-order valence-corrected chi connectivity index (χ4v) is 4.97. The Hall–Kier alpha value is -3.07. The van der Waals surface area contributed by atoms with E-state index in [0.29, 0.717) is 21.9 Å². The molecule has 1 unspecified atom stereocenters. The number of allylic oxidation sites excluding steroid dienone is 1. The van der Waals surface area contributed by atoms with Gasteiger partial charge < -0.3 is 9.84 Å². The number of thiophene rings is 1. The molecule has 1 aliphatic rings. The molecule has 2 aromatic heterocycles. The highest BCUT2D eigenvalue weighted by Crippen LogP contribution is 2.40. The summed E-state index contributed by atoms with van der Waals surface area (Å²) in [5.41, 5.74) is 4.22. The highest BCUT2D eigenvalue weighted by atomic mass is 35.5. The molecule has 1 atom stereocenters. The Morgan fingerprint density at radius 1 is 1.15 bits per heavy atom. The molecule has 1 N–H and O–H groups in total. The number of benzene rings is 2. The van der Waals surface area contributed by atoms with Gasteiger partial charge in [-0.2, -0.15) is 4.98 Å². The maximum Gasteiger partial charge on any atom is 0.258 e. The lowest BCUT2D eigenvalue weighted by atomic mass is 9.94. The van der Waals surface area contributed by atoms with E-state index in [1.807, 2.05) is 54.5 Å². The minimum atomic E-state index is -0.389. The maximum absolute atomic E-state index is 13.6. The second-order valence-electron chi connectivity index (χ2n) is 7.60. The van der Waals surface area contributed by atoms with Gasteiger partial charge >= 0.3 is 0 Å². The quantitative estimate of drug-likeness (QED) is 0.315. The molecule has 0 spiro atoms. The Labute approximate surface area is 204 Å². The molecule has 0 radical (unpaired) electrons. The largest absolute Gasteiger partial charge is 0.351 e. The van der Waals surface area contributed by atoms with Crippen molar-refractivity contribution in [3.05, 3.63) is 93.5 Å². The van der Waals surface area contributed by atoms with Gasteiger partial charge in [-0.15, -0.1) is 11.3 Å². The van der Waals surface area contributed by atoms with E-state index in [1.54, 1.807) is 12.1 Å². The van der Waals surface area contributed by atoms with E-state index < -0.39 is 0 Å². The van der Waals surface area contributed by atoms with Gasteiger partial charge in [0.15, 0.2) is 5.11 Å². The van der Waals surface area contributed by atoms with Gasteiger partial charge in [0.1, 0.15) is 5.82 Å². The SMILES string of the molecule is CC1=C(c2nc(-c3cccs3)no2)C(c2ccc(F)cc2)NC(=S)N1c1ccc(Cl)c(C)c1. The van der Waals surface area contributed by atoms with Gasteiger partial charge in [0.2, 0.25) is 5.82 Å². The fraction of sp³-hybridized carbons (Fsp3) is 0.125.